The molecule has 0 saturated carbocycles. The second-order valence-corrected chi connectivity index (χ2v) is 5.93. The molecule has 0 spiro atoms. The molecule has 1 fully saturated rings. The fourth-order valence-corrected chi connectivity index (χ4v) is 2.90. The molecule has 1 atom stereocenters. The van der Waals surface area contributed by atoms with Gasteiger partial charge in [0.05, 0.1) is 5.56 Å². The van der Waals surface area contributed by atoms with E-state index in [1.54, 1.807) is 12.3 Å². The van der Waals surface area contributed by atoms with Gasteiger partial charge in [0.25, 0.3) is 5.91 Å². The zero-order chi connectivity index (χ0) is 14.8. The van der Waals surface area contributed by atoms with Crippen molar-refractivity contribution in [3.8, 4) is 0 Å². The number of rotatable bonds is 2. The van der Waals surface area contributed by atoms with Gasteiger partial charge < -0.3 is 0 Å². The number of aromatic nitrogens is 1. The van der Waals surface area contributed by atoms with Crippen molar-refractivity contribution in [3.05, 3.63) is 64.4 Å². The summed E-state index contributed by atoms with van der Waals surface area (Å²) >= 11 is 3.28. The quantitative estimate of drug-likeness (QED) is 0.787. The van der Waals surface area contributed by atoms with Gasteiger partial charge in [0.1, 0.15) is 0 Å². The largest absolute Gasteiger partial charge is 0.278 e. The van der Waals surface area contributed by atoms with E-state index in [0.29, 0.717) is 18.5 Å². The fraction of sp³-hybridized carbons (Fsp3) is 0.188. The van der Waals surface area contributed by atoms with Gasteiger partial charge in [-0.25, -0.2) is 0 Å². The molecule has 5 heteroatoms. The number of hydrogen-bond acceptors (Lipinski definition) is 3. The predicted octanol–water partition coefficient (Wildman–Crippen LogP) is 3.00. The maximum Gasteiger partial charge on any atom is 0.262 e. The number of halogens is 1. The number of likely N-dealkylation sites (tertiary alicyclic amines) is 1. The molecule has 1 unspecified atom stereocenters. The van der Waals surface area contributed by atoms with Crippen LogP contribution >= 0.6 is 15.9 Å². The second kappa shape index (κ2) is 5.77. The number of nitrogens with zero attached hydrogens (tertiary/aromatic N) is 2. The molecule has 0 aliphatic carbocycles. The zero-order valence-corrected chi connectivity index (χ0v) is 12.8. The molecule has 1 aromatic carbocycles. The third-order valence-corrected chi connectivity index (χ3v) is 4.03. The molecule has 106 valence electrons. The van der Waals surface area contributed by atoms with Crippen LogP contribution in [0.5, 0.6) is 0 Å². The highest BCUT2D eigenvalue weighted by atomic mass is 79.9. The molecular weight excluding hydrogens is 332 g/mol. The van der Waals surface area contributed by atoms with Crippen LogP contribution < -0.4 is 0 Å². The highest BCUT2D eigenvalue weighted by molar-refractivity contribution is 9.10. The van der Waals surface area contributed by atoms with E-state index >= 15 is 0 Å². The molecule has 1 aliphatic rings. The topological polar surface area (TPSA) is 50.3 Å². The van der Waals surface area contributed by atoms with E-state index in [1.807, 2.05) is 30.3 Å². The van der Waals surface area contributed by atoms with Crippen LogP contribution in [0.15, 0.2) is 53.3 Å². The summed E-state index contributed by atoms with van der Waals surface area (Å²) in [5.41, 5.74) is 1.51. The maximum atomic E-state index is 12.4. The molecule has 2 heterocycles. The first-order valence-electron chi connectivity index (χ1n) is 6.65. The Hall–Kier alpha value is -2.01. The van der Waals surface area contributed by atoms with Gasteiger partial charge in [-0.05, 0) is 27.6 Å². The van der Waals surface area contributed by atoms with Crippen LogP contribution in [-0.4, -0.2) is 28.2 Å². The fourth-order valence-electron chi connectivity index (χ4n) is 2.54. The first-order valence-corrected chi connectivity index (χ1v) is 7.44. The Labute approximate surface area is 130 Å². The van der Waals surface area contributed by atoms with E-state index in [0.717, 1.165) is 10.0 Å². The third-order valence-electron chi connectivity index (χ3n) is 3.59. The van der Waals surface area contributed by atoms with Gasteiger partial charge in [-0.3, -0.25) is 19.5 Å². The van der Waals surface area contributed by atoms with Crippen LogP contribution in [0.4, 0.5) is 0 Å². The van der Waals surface area contributed by atoms with Gasteiger partial charge in [0, 0.05) is 35.7 Å². The van der Waals surface area contributed by atoms with Crippen LogP contribution in [-0.2, 0) is 4.79 Å². The van der Waals surface area contributed by atoms with E-state index in [4.69, 9.17) is 0 Å². The van der Waals surface area contributed by atoms with Crippen LogP contribution in [0.25, 0.3) is 0 Å². The monoisotopic (exact) mass is 344 g/mol. The summed E-state index contributed by atoms with van der Waals surface area (Å²) in [5.74, 6) is -0.344. The Bertz CT molecular complexity index is 688. The van der Waals surface area contributed by atoms with Crippen molar-refractivity contribution in [1.82, 2.24) is 9.88 Å². The van der Waals surface area contributed by atoms with Crippen molar-refractivity contribution in [1.29, 1.82) is 0 Å². The van der Waals surface area contributed by atoms with Gasteiger partial charge in [0.2, 0.25) is 5.91 Å². The number of imide groups is 1. The summed E-state index contributed by atoms with van der Waals surface area (Å²) < 4.78 is 0.722. The Balaban J connectivity index is 1.81. The molecule has 2 aromatic rings. The number of amides is 2. The first kappa shape index (κ1) is 13.9. The molecule has 0 radical (unpaired) electrons. The molecule has 1 aromatic heterocycles. The molecule has 1 saturated heterocycles. The lowest BCUT2D eigenvalue weighted by atomic mass is 9.98. The van der Waals surface area contributed by atoms with Crippen LogP contribution in [0.2, 0.25) is 0 Å². The zero-order valence-electron chi connectivity index (χ0n) is 11.2. The minimum atomic E-state index is -0.285. The summed E-state index contributed by atoms with van der Waals surface area (Å²) in [5, 5.41) is 0. The molecule has 4 nitrogen and oxygen atoms in total. The van der Waals surface area contributed by atoms with Gasteiger partial charge in [-0.1, -0.05) is 30.3 Å². The van der Waals surface area contributed by atoms with E-state index in [-0.39, 0.29) is 17.7 Å². The SMILES string of the molecule is O=C1CC(c2ccccc2)CN1C(=O)c1cncc(Br)c1. The standard InChI is InChI=1S/C16H13BrN2O2/c17-14-6-12(8-18-9-14)16(21)19-10-13(7-15(19)20)11-4-2-1-3-5-11/h1-6,8-9,13H,7,10H2. The van der Waals surface area contributed by atoms with E-state index in [9.17, 15) is 9.59 Å². The van der Waals surface area contributed by atoms with Crippen molar-refractivity contribution in [2.75, 3.05) is 6.54 Å². The highest BCUT2D eigenvalue weighted by Crippen LogP contribution is 2.29. The van der Waals surface area contributed by atoms with Crippen LogP contribution in [0.1, 0.15) is 28.3 Å². The summed E-state index contributed by atoms with van der Waals surface area (Å²) in [6.45, 7) is 0.425. The second-order valence-electron chi connectivity index (χ2n) is 5.01. The van der Waals surface area contributed by atoms with Crippen molar-refractivity contribution in [2.24, 2.45) is 0 Å². The van der Waals surface area contributed by atoms with Crippen molar-refractivity contribution in [3.63, 3.8) is 0 Å². The molecule has 3 rings (SSSR count). The van der Waals surface area contributed by atoms with Gasteiger partial charge in [-0.15, -0.1) is 0 Å². The summed E-state index contributed by atoms with van der Waals surface area (Å²) in [4.78, 5) is 29.9. The third kappa shape index (κ3) is 2.88. The smallest absolute Gasteiger partial charge is 0.262 e. The molecule has 0 N–H and O–H groups in total. The lowest BCUT2D eigenvalue weighted by Gasteiger charge is -2.15. The average molecular weight is 345 g/mol. The predicted molar refractivity (Wildman–Crippen MR) is 81.8 cm³/mol. The number of hydrogen-bond donors (Lipinski definition) is 0. The number of pyridine rings is 1. The van der Waals surface area contributed by atoms with Crippen LogP contribution in [0, 0.1) is 0 Å². The Morgan fingerprint density at radius 1 is 1.24 bits per heavy atom. The Morgan fingerprint density at radius 3 is 2.71 bits per heavy atom. The van der Waals surface area contributed by atoms with Gasteiger partial charge in [0.15, 0.2) is 0 Å². The average Bonchev–Trinajstić information content (AvgIpc) is 2.89. The normalized spacial score (nSPS) is 18.0. The highest BCUT2D eigenvalue weighted by Gasteiger charge is 2.35. The van der Waals surface area contributed by atoms with E-state index in [2.05, 4.69) is 20.9 Å². The van der Waals surface area contributed by atoms with Gasteiger partial charge >= 0.3 is 0 Å². The first-order chi connectivity index (χ1) is 10.1. The molecule has 0 bridgehead atoms. The number of benzene rings is 1. The Morgan fingerprint density at radius 2 is 2.00 bits per heavy atom. The number of carbonyl (C=O) groups excluding carboxylic acids is 2. The van der Waals surface area contributed by atoms with Crippen molar-refractivity contribution < 1.29 is 9.59 Å². The minimum absolute atomic E-state index is 0.0720. The maximum absolute atomic E-state index is 12.4. The summed E-state index contributed by atoms with van der Waals surface area (Å²) in [6.07, 6.45) is 3.46. The summed E-state index contributed by atoms with van der Waals surface area (Å²) in [6, 6.07) is 11.5. The lowest BCUT2D eigenvalue weighted by Crippen LogP contribution is -2.32. The van der Waals surface area contributed by atoms with Crippen molar-refractivity contribution in [2.45, 2.75) is 12.3 Å². The van der Waals surface area contributed by atoms with E-state index in [1.165, 1.54) is 11.1 Å². The van der Waals surface area contributed by atoms with E-state index < -0.39 is 0 Å². The lowest BCUT2D eigenvalue weighted by molar-refractivity contribution is -0.125. The Kier molecular flexibility index (Phi) is 3.84. The number of carbonyl (C=O) groups is 2. The molecule has 21 heavy (non-hydrogen) atoms. The molecular formula is C16H13BrN2O2. The minimum Gasteiger partial charge on any atom is -0.278 e. The van der Waals surface area contributed by atoms with Gasteiger partial charge in [-0.2, -0.15) is 0 Å². The van der Waals surface area contributed by atoms with Crippen LogP contribution in [0.3, 0.4) is 0 Å². The summed E-state index contributed by atoms with van der Waals surface area (Å²) in [7, 11) is 0. The molecule has 2 amide bonds. The molecule has 1 aliphatic heterocycles. The van der Waals surface area contributed by atoms with Crippen molar-refractivity contribution >= 4 is 27.7 Å².